The zero-order chi connectivity index (χ0) is 17.9. The van der Waals surface area contributed by atoms with Gasteiger partial charge in [-0.3, -0.25) is 15.2 Å². The lowest BCUT2D eigenvalue weighted by molar-refractivity contribution is -0.117. The largest absolute Gasteiger partial charge is 0.274 e. The lowest BCUT2D eigenvalue weighted by atomic mass is 10.0. The number of amides is 1. The fourth-order valence-electron chi connectivity index (χ4n) is 3.00. The van der Waals surface area contributed by atoms with Crippen molar-refractivity contribution in [3.8, 4) is 11.1 Å². The number of nitrogens with zero attached hydrogens (tertiary/aromatic N) is 2. The van der Waals surface area contributed by atoms with Gasteiger partial charge < -0.3 is 0 Å². The van der Waals surface area contributed by atoms with Crippen molar-refractivity contribution in [1.82, 2.24) is 5.43 Å². The van der Waals surface area contributed by atoms with Crippen LogP contribution in [0.5, 0.6) is 0 Å². The lowest BCUT2D eigenvalue weighted by Crippen LogP contribution is -2.51. The number of nitrogens with one attached hydrogen (secondary N) is 1. The van der Waals surface area contributed by atoms with Gasteiger partial charge in [-0.05, 0) is 35.7 Å². The molecule has 0 saturated carbocycles. The summed E-state index contributed by atoms with van der Waals surface area (Å²) in [5, 5.41) is 1.57. The Morgan fingerprint density at radius 2 is 1.54 bits per heavy atom. The van der Waals surface area contributed by atoms with E-state index in [1.165, 1.54) is 5.56 Å². The topological polar surface area (TPSA) is 44.7 Å². The minimum atomic E-state index is -0.0692. The zero-order valence-electron chi connectivity index (χ0n) is 14.5. The second kappa shape index (κ2) is 6.84. The predicted octanol–water partition coefficient (Wildman–Crippen LogP) is 3.96. The SMILES string of the molecule is Cc1cccc(N2NC(c3ccc(-c4ccccc4)cc3)=NCC2=O)c1. The van der Waals surface area contributed by atoms with Gasteiger partial charge in [0.25, 0.3) is 5.91 Å². The number of rotatable bonds is 3. The highest BCUT2D eigenvalue weighted by Crippen LogP contribution is 2.21. The average Bonchev–Trinajstić information content (AvgIpc) is 2.69. The van der Waals surface area contributed by atoms with E-state index in [4.69, 9.17) is 0 Å². The van der Waals surface area contributed by atoms with Gasteiger partial charge >= 0.3 is 0 Å². The second-order valence-electron chi connectivity index (χ2n) is 6.29. The molecule has 0 spiro atoms. The van der Waals surface area contributed by atoms with Crippen LogP contribution in [0.15, 0.2) is 83.9 Å². The summed E-state index contributed by atoms with van der Waals surface area (Å²) in [7, 11) is 0. The van der Waals surface area contributed by atoms with Crippen molar-refractivity contribution < 1.29 is 4.79 Å². The Labute approximate surface area is 152 Å². The minimum absolute atomic E-state index is 0.0692. The molecule has 0 saturated heterocycles. The van der Waals surface area contributed by atoms with Crippen molar-refractivity contribution in [3.05, 3.63) is 90.0 Å². The standard InChI is InChI=1S/C22H19N3O/c1-16-6-5-9-20(14-16)25-21(26)15-23-22(24-25)19-12-10-18(11-13-19)17-7-3-2-4-8-17/h2-14H,15H2,1H3,(H,23,24). The van der Waals surface area contributed by atoms with Gasteiger partial charge in [0.2, 0.25) is 0 Å². The number of aliphatic imine (C=N–C) groups is 1. The zero-order valence-corrected chi connectivity index (χ0v) is 14.5. The molecule has 4 rings (SSSR count). The summed E-state index contributed by atoms with van der Waals surface area (Å²) < 4.78 is 0. The van der Waals surface area contributed by atoms with Crippen LogP contribution in [-0.4, -0.2) is 18.3 Å². The van der Waals surface area contributed by atoms with E-state index >= 15 is 0 Å². The number of hydrazine groups is 1. The number of aryl methyl sites for hydroxylation is 1. The summed E-state index contributed by atoms with van der Waals surface area (Å²) in [6, 6.07) is 26.3. The molecule has 0 aliphatic carbocycles. The van der Waals surface area contributed by atoms with Crippen molar-refractivity contribution in [1.29, 1.82) is 0 Å². The Bertz CT molecular complexity index is 962. The van der Waals surface area contributed by atoms with Gasteiger partial charge in [0, 0.05) is 5.56 Å². The molecule has 0 aromatic heterocycles. The molecule has 4 nitrogen and oxygen atoms in total. The Morgan fingerprint density at radius 3 is 2.27 bits per heavy atom. The molecule has 0 radical (unpaired) electrons. The monoisotopic (exact) mass is 341 g/mol. The van der Waals surface area contributed by atoms with E-state index < -0.39 is 0 Å². The molecular weight excluding hydrogens is 322 g/mol. The van der Waals surface area contributed by atoms with E-state index in [-0.39, 0.29) is 12.5 Å². The number of hydrogen-bond donors (Lipinski definition) is 1. The molecule has 1 aliphatic heterocycles. The van der Waals surface area contributed by atoms with E-state index in [0.717, 1.165) is 22.4 Å². The summed E-state index contributed by atoms with van der Waals surface area (Å²) in [5.74, 6) is 0.631. The van der Waals surface area contributed by atoms with Crippen LogP contribution in [0.3, 0.4) is 0 Å². The van der Waals surface area contributed by atoms with Crippen LogP contribution in [0, 0.1) is 6.92 Å². The number of anilines is 1. The molecule has 3 aromatic carbocycles. The van der Waals surface area contributed by atoms with Crippen LogP contribution >= 0.6 is 0 Å². The normalized spacial score (nSPS) is 14.0. The highest BCUT2D eigenvalue weighted by atomic mass is 16.2. The first-order chi connectivity index (χ1) is 12.7. The Kier molecular flexibility index (Phi) is 4.23. The number of carbonyl (C=O) groups is 1. The van der Waals surface area contributed by atoms with Gasteiger partial charge in [-0.2, -0.15) is 0 Å². The first kappa shape index (κ1) is 16.1. The van der Waals surface area contributed by atoms with Crippen molar-refractivity contribution >= 4 is 17.4 Å². The van der Waals surface area contributed by atoms with Crippen LogP contribution in [0.2, 0.25) is 0 Å². The number of amidine groups is 1. The van der Waals surface area contributed by atoms with Crippen molar-refractivity contribution in [2.24, 2.45) is 4.99 Å². The van der Waals surface area contributed by atoms with Crippen molar-refractivity contribution in [3.63, 3.8) is 0 Å². The van der Waals surface area contributed by atoms with Gasteiger partial charge in [0.1, 0.15) is 12.4 Å². The van der Waals surface area contributed by atoms with Gasteiger partial charge in [-0.1, -0.05) is 66.7 Å². The molecule has 1 amide bonds. The number of carbonyl (C=O) groups excluding carboxylic acids is 1. The van der Waals surface area contributed by atoms with E-state index in [1.807, 2.05) is 61.5 Å². The van der Waals surface area contributed by atoms with Gasteiger partial charge in [-0.25, -0.2) is 5.01 Å². The quantitative estimate of drug-likeness (QED) is 0.784. The predicted molar refractivity (Wildman–Crippen MR) is 105 cm³/mol. The summed E-state index contributed by atoms with van der Waals surface area (Å²) >= 11 is 0. The van der Waals surface area contributed by atoms with E-state index in [2.05, 4.69) is 34.7 Å². The molecule has 1 N–H and O–H groups in total. The lowest BCUT2D eigenvalue weighted by Gasteiger charge is -2.28. The van der Waals surface area contributed by atoms with Crippen LogP contribution in [0.1, 0.15) is 11.1 Å². The summed E-state index contributed by atoms with van der Waals surface area (Å²) in [6.45, 7) is 2.14. The molecular formula is C22H19N3O. The first-order valence-corrected chi connectivity index (χ1v) is 8.57. The van der Waals surface area contributed by atoms with Gasteiger partial charge in [0.05, 0.1) is 5.69 Å². The van der Waals surface area contributed by atoms with Crippen molar-refractivity contribution in [2.75, 3.05) is 11.6 Å². The van der Waals surface area contributed by atoms with E-state index in [9.17, 15) is 4.79 Å². The molecule has 1 aliphatic rings. The van der Waals surface area contributed by atoms with Gasteiger partial charge in [-0.15, -0.1) is 0 Å². The maximum atomic E-state index is 12.3. The summed E-state index contributed by atoms with van der Waals surface area (Å²) in [6.07, 6.45) is 0. The summed E-state index contributed by atoms with van der Waals surface area (Å²) in [4.78, 5) is 16.7. The van der Waals surface area contributed by atoms with E-state index in [1.54, 1.807) is 5.01 Å². The first-order valence-electron chi connectivity index (χ1n) is 8.57. The van der Waals surface area contributed by atoms with Crippen LogP contribution in [0.4, 0.5) is 5.69 Å². The summed E-state index contributed by atoms with van der Waals surface area (Å²) in [5.41, 5.74) is 8.36. The maximum Gasteiger partial charge on any atom is 0.267 e. The Hall–Kier alpha value is -3.40. The molecule has 128 valence electrons. The van der Waals surface area contributed by atoms with E-state index in [0.29, 0.717) is 5.84 Å². The third-order valence-electron chi connectivity index (χ3n) is 4.36. The third kappa shape index (κ3) is 3.22. The molecule has 0 fully saturated rings. The van der Waals surface area contributed by atoms with Crippen LogP contribution < -0.4 is 10.4 Å². The highest BCUT2D eigenvalue weighted by Gasteiger charge is 2.22. The molecule has 0 unspecified atom stereocenters. The molecule has 3 aromatic rings. The number of hydrogen-bond acceptors (Lipinski definition) is 3. The fourth-order valence-corrected chi connectivity index (χ4v) is 3.00. The molecule has 0 atom stereocenters. The minimum Gasteiger partial charge on any atom is -0.274 e. The third-order valence-corrected chi connectivity index (χ3v) is 4.36. The van der Waals surface area contributed by atoms with Crippen LogP contribution in [-0.2, 0) is 4.79 Å². The van der Waals surface area contributed by atoms with Gasteiger partial charge in [0.15, 0.2) is 0 Å². The maximum absolute atomic E-state index is 12.3. The van der Waals surface area contributed by atoms with Crippen LogP contribution in [0.25, 0.3) is 11.1 Å². The molecule has 26 heavy (non-hydrogen) atoms. The second-order valence-corrected chi connectivity index (χ2v) is 6.29. The Morgan fingerprint density at radius 1 is 0.846 bits per heavy atom. The molecule has 1 heterocycles. The molecule has 0 bridgehead atoms. The number of benzene rings is 3. The van der Waals surface area contributed by atoms with Crippen molar-refractivity contribution in [2.45, 2.75) is 6.92 Å². The smallest absolute Gasteiger partial charge is 0.267 e. The fraction of sp³-hybridized carbons (Fsp3) is 0.0909. The Balaban J connectivity index is 1.59. The molecule has 4 heteroatoms. The highest BCUT2D eigenvalue weighted by molar-refractivity contribution is 6.08. The average molecular weight is 341 g/mol.